The van der Waals surface area contributed by atoms with E-state index >= 15 is 0 Å². The standard InChI is InChI=1S/C12H16ClNO2/c1-9(13)12(15)14-11-6-4-3-5-10(11)7-8-16-2/h3-6,9H,7-8H2,1-2H3,(H,14,15). The third kappa shape index (κ3) is 3.83. The summed E-state index contributed by atoms with van der Waals surface area (Å²) in [5.41, 5.74) is 1.85. The normalized spacial score (nSPS) is 12.2. The van der Waals surface area contributed by atoms with Crippen molar-refractivity contribution < 1.29 is 9.53 Å². The fourth-order valence-corrected chi connectivity index (χ4v) is 1.36. The molecule has 1 rings (SSSR count). The van der Waals surface area contributed by atoms with E-state index in [1.54, 1.807) is 14.0 Å². The van der Waals surface area contributed by atoms with Crippen LogP contribution in [0.1, 0.15) is 12.5 Å². The Morgan fingerprint density at radius 1 is 1.50 bits per heavy atom. The van der Waals surface area contributed by atoms with E-state index in [-0.39, 0.29) is 5.91 Å². The number of benzene rings is 1. The number of rotatable bonds is 5. The van der Waals surface area contributed by atoms with Crippen molar-refractivity contribution in [3.8, 4) is 0 Å². The van der Waals surface area contributed by atoms with Crippen LogP contribution in [0.25, 0.3) is 0 Å². The van der Waals surface area contributed by atoms with E-state index in [1.807, 2.05) is 24.3 Å². The highest BCUT2D eigenvalue weighted by Crippen LogP contribution is 2.16. The Hall–Kier alpha value is -1.06. The maximum absolute atomic E-state index is 11.5. The summed E-state index contributed by atoms with van der Waals surface area (Å²) in [5.74, 6) is -0.188. The van der Waals surface area contributed by atoms with Crippen molar-refractivity contribution in [2.24, 2.45) is 0 Å². The van der Waals surface area contributed by atoms with Gasteiger partial charge < -0.3 is 10.1 Å². The molecule has 0 radical (unpaired) electrons. The predicted octanol–water partition coefficient (Wildman–Crippen LogP) is 2.44. The molecular formula is C12H16ClNO2. The van der Waals surface area contributed by atoms with Crippen molar-refractivity contribution in [1.82, 2.24) is 0 Å². The van der Waals surface area contributed by atoms with Gasteiger partial charge in [-0.15, -0.1) is 11.6 Å². The summed E-state index contributed by atoms with van der Waals surface area (Å²) >= 11 is 5.70. The first-order valence-electron chi connectivity index (χ1n) is 5.17. The zero-order valence-corrected chi connectivity index (χ0v) is 10.3. The molecule has 0 saturated carbocycles. The highest BCUT2D eigenvalue weighted by atomic mass is 35.5. The minimum atomic E-state index is -0.532. The van der Waals surface area contributed by atoms with Crippen LogP contribution in [-0.4, -0.2) is 25.0 Å². The average Bonchev–Trinajstić information content (AvgIpc) is 2.27. The summed E-state index contributed by atoms with van der Waals surface area (Å²) in [6.07, 6.45) is 0.767. The Bertz CT molecular complexity index is 353. The van der Waals surface area contributed by atoms with Crippen molar-refractivity contribution in [2.45, 2.75) is 18.7 Å². The summed E-state index contributed by atoms with van der Waals surface area (Å²) in [7, 11) is 1.65. The molecule has 0 heterocycles. The smallest absolute Gasteiger partial charge is 0.242 e. The molecule has 1 aromatic carbocycles. The fraction of sp³-hybridized carbons (Fsp3) is 0.417. The molecule has 0 aliphatic carbocycles. The largest absolute Gasteiger partial charge is 0.384 e. The molecule has 0 aliphatic heterocycles. The van der Waals surface area contributed by atoms with Gasteiger partial charge in [0.15, 0.2) is 0 Å². The van der Waals surface area contributed by atoms with E-state index in [2.05, 4.69) is 5.32 Å². The number of carbonyl (C=O) groups is 1. The lowest BCUT2D eigenvalue weighted by atomic mass is 10.1. The number of methoxy groups -OCH3 is 1. The Morgan fingerprint density at radius 2 is 2.19 bits per heavy atom. The minimum Gasteiger partial charge on any atom is -0.384 e. The van der Waals surface area contributed by atoms with E-state index in [4.69, 9.17) is 16.3 Å². The van der Waals surface area contributed by atoms with Crippen LogP contribution in [0.4, 0.5) is 5.69 Å². The van der Waals surface area contributed by atoms with Gasteiger partial charge in [-0.25, -0.2) is 0 Å². The van der Waals surface area contributed by atoms with Gasteiger partial charge in [0.05, 0.1) is 6.61 Å². The van der Waals surface area contributed by atoms with Gasteiger partial charge in [0.2, 0.25) is 5.91 Å². The Morgan fingerprint density at radius 3 is 2.81 bits per heavy atom. The molecule has 0 spiro atoms. The van der Waals surface area contributed by atoms with E-state index in [9.17, 15) is 4.79 Å². The third-order valence-electron chi connectivity index (χ3n) is 2.21. The molecule has 16 heavy (non-hydrogen) atoms. The quantitative estimate of drug-likeness (QED) is 0.805. The number of para-hydroxylation sites is 1. The second kappa shape index (κ2) is 6.51. The lowest BCUT2D eigenvalue weighted by Crippen LogP contribution is -2.21. The molecule has 1 atom stereocenters. The van der Waals surface area contributed by atoms with Gasteiger partial charge in [0.25, 0.3) is 0 Å². The van der Waals surface area contributed by atoms with Crippen LogP contribution in [-0.2, 0) is 16.0 Å². The lowest BCUT2D eigenvalue weighted by molar-refractivity contribution is -0.115. The van der Waals surface area contributed by atoms with Crippen LogP contribution >= 0.6 is 11.6 Å². The molecule has 1 N–H and O–H groups in total. The van der Waals surface area contributed by atoms with Crippen LogP contribution in [0.15, 0.2) is 24.3 Å². The number of anilines is 1. The Labute approximate surface area is 101 Å². The molecule has 0 saturated heterocycles. The number of hydrogen-bond acceptors (Lipinski definition) is 2. The van der Waals surface area contributed by atoms with E-state index in [0.717, 1.165) is 17.7 Å². The number of hydrogen-bond donors (Lipinski definition) is 1. The van der Waals surface area contributed by atoms with Gasteiger partial charge >= 0.3 is 0 Å². The highest BCUT2D eigenvalue weighted by Gasteiger charge is 2.10. The van der Waals surface area contributed by atoms with Gasteiger partial charge in [0.1, 0.15) is 5.38 Å². The van der Waals surface area contributed by atoms with E-state index in [0.29, 0.717) is 6.61 Å². The molecule has 1 amide bonds. The second-order valence-electron chi connectivity index (χ2n) is 3.51. The molecule has 1 unspecified atom stereocenters. The van der Waals surface area contributed by atoms with Crippen molar-refractivity contribution >= 4 is 23.2 Å². The molecule has 0 aliphatic rings. The van der Waals surface area contributed by atoms with Crippen molar-refractivity contribution in [1.29, 1.82) is 0 Å². The number of carbonyl (C=O) groups excluding carboxylic acids is 1. The number of alkyl halides is 1. The van der Waals surface area contributed by atoms with Gasteiger partial charge in [-0.3, -0.25) is 4.79 Å². The number of halogens is 1. The first kappa shape index (κ1) is 13.0. The van der Waals surface area contributed by atoms with Gasteiger partial charge in [0, 0.05) is 12.8 Å². The van der Waals surface area contributed by atoms with Crippen LogP contribution in [0.5, 0.6) is 0 Å². The summed E-state index contributed by atoms with van der Waals surface area (Å²) in [6.45, 7) is 2.28. The second-order valence-corrected chi connectivity index (χ2v) is 4.16. The SMILES string of the molecule is COCCc1ccccc1NC(=O)C(C)Cl. The molecule has 0 fully saturated rings. The van der Waals surface area contributed by atoms with Crippen molar-refractivity contribution in [3.63, 3.8) is 0 Å². The number of nitrogens with one attached hydrogen (secondary N) is 1. The number of amides is 1. The third-order valence-corrected chi connectivity index (χ3v) is 2.41. The summed E-state index contributed by atoms with van der Waals surface area (Å²) in [4.78, 5) is 11.5. The van der Waals surface area contributed by atoms with E-state index in [1.165, 1.54) is 0 Å². The van der Waals surface area contributed by atoms with Crippen molar-refractivity contribution in [3.05, 3.63) is 29.8 Å². The Kier molecular flexibility index (Phi) is 5.29. The van der Waals surface area contributed by atoms with Crippen LogP contribution in [0, 0.1) is 0 Å². The minimum absolute atomic E-state index is 0.188. The van der Waals surface area contributed by atoms with E-state index < -0.39 is 5.38 Å². The summed E-state index contributed by atoms with van der Waals surface area (Å²) in [5, 5.41) is 2.26. The Balaban J connectivity index is 2.74. The molecule has 4 heteroatoms. The van der Waals surface area contributed by atoms with Gasteiger partial charge in [-0.05, 0) is 25.0 Å². The highest BCUT2D eigenvalue weighted by molar-refractivity contribution is 6.32. The predicted molar refractivity (Wildman–Crippen MR) is 66.0 cm³/mol. The zero-order valence-electron chi connectivity index (χ0n) is 9.50. The first-order valence-corrected chi connectivity index (χ1v) is 5.60. The average molecular weight is 242 g/mol. The fourth-order valence-electron chi connectivity index (χ4n) is 1.30. The molecule has 0 bridgehead atoms. The van der Waals surface area contributed by atoms with Crippen molar-refractivity contribution in [2.75, 3.05) is 19.0 Å². The molecule has 3 nitrogen and oxygen atoms in total. The lowest BCUT2D eigenvalue weighted by Gasteiger charge is -2.11. The molecule has 0 aromatic heterocycles. The van der Waals surface area contributed by atoms with Gasteiger partial charge in [-0.1, -0.05) is 18.2 Å². The van der Waals surface area contributed by atoms with Crippen LogP contribution in [0.2, 0.25) is 0 Å². The summed E-state index contributed by atoms with van der Waals surface area (Å²) in [6, 6.07) is 7.64. The first-order chi connectivity index (χ1) is 7.65. The summed E-state index contributed by atoms with van der Waals surface area (Å²) < 4.78 is 5.01. The maximum atomic E-state index is 11.5. The molecule has 88 valence electrons. The number of ether oxygens (including phenoxy) is 1. The topological polar surface area (TPSA) is 38.3 Å². The molecule has 1 aromatic rings. The van der Waals surface area contributed by atoms with Gasteiger partial charge in [-0.2, -0.15) is 0 Å². The molecular weight excluding hydrogens is 226 g/mol. The van der Waals surface area contributed by atoms with Crippen LogP contribution < -0.4 is 5.32 Å². The zero-order chi connectivity index (χ0) is 12.0. The monoisotopic (exact) mass is 241 g/mol. The van der Waals surface area contributed by atoms with Crippen LogP contribution in [0.3, 0.4) is 0 Å². The maximum Gasteiger partial charge on any atom is 0.242 e.